The summed E-state index contributed by atoms with van der Waals surface area (Å²) in [5, 5.41) is 3.20. The molecule has 24 heavy (non-hydrogen) atoms. The van der Waals surface area contributed by atoms with Gasteiger partial charge in [0.2, 0.25) is 0 Å². The smallest absolute Gasteiger partial charge is 0.164 e. The van der Waals surface area contributed by atoms with Crippen LogP contribution in [0.25, 0.3) is 0 Å². The predicted molar refractivity (Wildman–Crippen MR) is 87.7 cm³/mol. The predicted octanol–water partition coefficient (Wildman–Crippen LogP) is 3.84. The molecule has 6 heteroatoms. The maximum absolute atomic E-state index is 13.8. The lowest BCUT2D eigenvalue weighted by molar-refractivity contribution is 0.346. The van der Waals surface area contributed by atoms with Crippen molar-refractivity contribution in [3.63, 3.8) is 0 Å². The summed E-state index contributed by atoms with van der Waals surface area (Å²) in [5.74, 6) is 0.609. The summed E-state index contributed by atoms with van der Waals surface area (Å²) in [6.07, 6.45) is 0. The Hall–Kier alpha value is -2.34. The molecule has 2 rings (SSSR count). The number of methoxy groups -OCH3 is 3. The summed E-state index contributed by atoms with van der Waals surface area (Å²) in [6.45, 7) is 2.23. The van der Waals surface area contributed by atoms with Crippen molar-refractivity contribution < 1.29 is 23.0 Å². The molecule has 0 bridgehead atoms. The highest BCUT2D eigenvalue weighted by Gasteiger charge is 2.15. The first-order chi connectivity index (χ1) is 11.5. The Morgan fingerprint density at radius 3 is 2.12 bits per heavy atom. The van der Waals surface area contributed by atoms with E-state index in [1.54, 1.807) is 33.5 Å². The molecule has 2 aromatic rings. The van der Waals surface area contributed by atoms with Gasteiger partial charge in [0.15, 0.2) is 11.5 Å². The molecule has 0 aliphatic heterocycles. The van der Waals surface area contributed by atoms with E-state index in [0.717, 1.165) is 11.6 Å². The number of ether oxygens (including phenoxy) is 3. The first kappa shape index (κ1) is 18.0. The second-order valence-electron chi connectivity index (χ2n) is 5.29. The van der Waals surface area contributed by atoms with Gasteiger partial charge in [-0.15, -0.1) is 0 Å². The molecule has 0 fully saturated rings. The molecule has 0 heterocycles. The average Bonchev–Trinajstić information content (AvgIpc) is 2.58. The molecule has 0 aromatic heterocycles. The summed E-state index contributed by atoms with van der Waals surface area (Å²) in [5.41, 5.74) is 1.24. The molecule has 1 atom stereocenters. The van der Waals surface area contributed by atoms with Crippen molar-refractivity contribution >= 4 is 0 Å². The van der Waals surface area contributed by atoms with Crippen LogP contribution in [-0.4, -0.2) is 21.3 Å². The first-order valence-electron chi connectivity index (χ1n) is 7.47. The average molecular weight is 337 g/mol. The number of rotatable bonds is 7. The fourth-order valence-electron chi connectivity index (χ4n) is 2.46. The van der Waals surface area contributed by atoms with Gasteiger partial charge in [0.05, 0.1) is 21.3 Å². The van der Waals surface area contributed by atoms with Crippen molar-refractivity contribution in [2.45, 2.75) is 19.5 Å². The Bertz CT molecular complexity index is 707. The Morgan fingerprint density at radius 1 is 0.917 bits per heavy atom. The summed E-state index contributed by atoms with van der Waals surface area (Å²) in [7, 11) is 4.67. The molecule has 4 nitrogen and oxygen atoms in total. The molecule has 0 saturated heterocycles. The van der Waals surface area contributed by atoms with Crippen molar-refractivity contribution in [2.24, 2.45) is 0 Å². The third kappa shape index (κ3) is 3.94. The minimum atomic E-state index is -0.593. The second kappa shape index (κ2) is 7.97. The fourth-order valence-corrected chi connectivity index (χ4v) is 2.46. The Labute approximate surface area is 140 Å². The summed E-state index contributed by atoms with van der Waals surface area (Å²) < 4.78 is 42.8. The van der Waals surface area contributed by atoms with Crippen LogP contribution in [0.2, 0.25) is 0 Å². The van der Waals surface area contributed by atoms with Gasteiger partial charge in [-0.25, -0.2) is 8.78 Å². The van der Waals surface area contributed by atoms with Crippen LogP contribution in [0.3, 0.4) is 0 Å². The van der Waals surface area contributed by atoms with Gasteiger partial charge in [-0.2, -0.15) is 0 Å². The zero-order valence-electron chi connectivity index (χ0n) is 14.2. The molecule has 0 amide bonds. The van der Waals surface area contributed by atoms with Crippen LogP contribution < -0.4 is 19.5 Å². The molecule has 1 N–H and O–H groups in total. The van der Waals surface area contributed by atoms with Crippen LogP contribution in [0.15, 0.2) is 30.3 Å². The molecule has 0 spiro atoms. The first-order valence-corrected chi connectivity index (χ1v) is 7.47. The lowest BCUT2D eigenvalue weighted by atomic mass is 10.1. The summed E-state index contributed by atoms with van der Waals surface area (Å²) in [4.78, 5) is 0. The van der Waals surface area contributed by atoms with Crippen molar-refractivity contribution in [3.05, 3.63) is 53.1 Å². The van der Waals surface area contributed by atoms with Gasteiger partial charge in [0.25, 0.3) is 0 Å². The molecule has 0 aliphatic rings. The molecular formula is C18H21F2NO3. The van der Waals surface area contributed by atoms with Crippen LogP contribution in [0.4, 0.5) is 8.78 Å². The summed E-state index contributed by atoms with van der Waals surface area (Å²) in [6, 6.07) is 6.80. The third-order valence-electron chi connectivity index (χ3n) is 3.81. The normalized spacial score (nSPS) is 11.9. The van der Waals surface area contributed by atoms with E-state index in [0.29, 0.717) is 29.4 Å². The van der Waals surface area contributed by atoms with Gasteiger partial charge in [-0.3, -0.25) is 0 Å². The zero-order chi connectivity index (χ0) is 17.7. The highest BCUT2D eigenvalue weighted by atomic mass is 19.1. The molecule has 2 aromatic carbocycles. The SMILES string of the molecule is COc1cc(OC)c(OC)cc1CN[C@@H](C)c1ccc(F)cc1F. The van der Waals surface area contributed by atoms with E-state index in [1.165, 1.54) is 12.1 Å². The highest BCUT2D eigenvalue weighted by molar-refractivity contribution is 5.50. The lowest BCUT2D eigenvalue weighted by Crippen LogP contribution is -2.19. The second-order valence-corrected chi connectivity index (χ2v) is 5.29. The van der Waals surface area contributed by atoms with Gasteiger partial charge < -0.3 is 19.5 Å². The van der Waals surface area contributed by atoms with Crippen LogP contribution >= 0.6 is 0 Å². The number of halogens is 2. The van der Waals surface area contributed by atoms with Crippen molar-refractivity contribution in [3.8, 4) is 17.2 Å². The monoisotopic (exact) mass is 337 g/mol. The van der Waals surface area contributed by atoms with Crippen molar-refractivity contribution in [1.29, 1.82) is 0 Å². The number of benzene rings is 2. The maximum Gasteiger partial charge on any atom is 0.164 e. The van der Waals surface area contributed by atoms with Gasteiger partial charge >= 0.3 is 0 Å². The van der Waals surface area contributed by atoms with Crippen LogP contribution in [0.1, 0.15) is 24.1 Å². The number of nitrogens with one attached hydrogen (secondary N) is 1. The van der Waals surface area contributed by atoms with Crippen LogP contribution in [0, 0.1) is 11.6 Å². The Balaban J connectivity index is 2.18. The number of hydrogen-bond acceptors (Lipinski definition) is 4. The van der Waals surface area contributed by atoms with E-state index in [1.807, 2.05) is 6.92 Å². The van der Waals surface area contributed by atoms with E-state index in [-0.39, 0.29) is 6.04 Å². The van der Waals surface area contributed by atoms with Gasteiger partial charge in [-0.05, 0) is 19.1 Å². The standard InChI is InChI=1S/C18H21F2NO3/c1-11(14-6-5-13(19)8-15(14)20)21-10-12-7-17(23-3)18(24-4)9-16(12)22-2/h5-9,11,21H,10H2,1-4H3/t11-/m0/s1. The molecule has 130 valence electrons. The summed E-state index contributed by atoms with van der Waals surface area (Å²) >= 11 is 0. The number of hydrogen-bond donors (Lipinski definition) is 1. The van der Waals surface area contributed by atoms with Gasteiger partial charge in [0.1, 0.15) is 17.4 Å². The van der Waals surface area contributed by atoms with Crippen molar-refractivity contribution in [2.75, 3.05) is 21.3 Å². The van der Waals surface area contributed by atoms with E-state index in [2.05, 4.69) is 5.32 Å². The minimum absolute atomic E-state index is 0.302. The topological polar surface area (TPSA) is 39.7 Å². The van der Waals surface area contributed by atoms with Crippen LogP contribution in [-0.2, 0) is 6.54 Å². The third-order valence-corrected chi connectivity index (χ3v) is 3.81. The van der Waals surface area contributed by atoms with Crippen molar-refractivity contribution in [1.82, 2.24) is 5.32 Å². The molecular weight excluding hydrogens is 316 g/mol. The van der Waals surface area contributed by atoms with Gasteiger partial charge in [0, 0.05) is 35.8 Å². The van der Waals surface area contributed by atoms with E-state index < -0.39 is 11.6 Å². The van der Waals surface area contributed by atoms with E-state index in [4.69, 9.17) is 14.2 Å². The fraction of sp³-hybridized carbons (Fsp3) is 0.333. The van der Waals surface area contributed by atoms with E-state index in [9.17, 15) is 8.78 Å². The molecule has 0 saturated carbocycles. The van der Waals surface area contributed by atoms with E-state index >= 15 is 0 Å². The quantitative estimate of drug-likeness (QED) is 0.833. The minimum Gasteiger partial charge on any atom is -0.496 e. The Morgan fingerprint density at radius 2 is 1.54 bits per heavy atom. The Kier molecular flexibility index (Phi) is 5.98. The lowest BCUT2D eigenvalue weighted by Gasteiger charge is -2.18. The maximum atomic E-state index is 13.8. The molecule has 0 aliphatic carbocycles. The highest BCUT2D eigenvalue weighted by Crippen LogP contribution is 2.34. The molecule has 0 radical (unpaired) electrons. The molecule has 0 unspecified atom stereocenters. The van der Waals surface area contributed by atoms with Crippen LogP contribution in [0.5, 0.6) is 17.2 Å². The zero-order valence-corrected chi connectivity index (χ0v) is 14.2. The largest absolute Gasteiger partial charge is 0.496 e. The van der Waals surface area contributed by atoms with Gasteiger partial charge in [-0.1, -0.05) is 6.07 Å².